The monoisotopic (exact) mass is 312 g/mol. The minimum Gasteiger partial charge on any atom is -0.440 e. The molecule has 0 saturated heterocycles. The first-order chi connectivity index (χ1) is 11.7. The molecular formula is C21H16N2O. The quantitative estimate of drug-likeness (QED) is 0.726. The Hall–Kier alpha value is -3.25. The third-order valence-corrected chi connectivity index (χ3v) is 4.61. The van der Waals surface area contributed by atoms with Crippen LogP contribution in [0.4, 0.5) is 0 Å². The lowest BCUT2D eigenvalue weighted by molar-refractivity contribution is 0.395. The fourth-order valence-electron chi connectivity index (χ4n) is 3.46. The van der Waals surface area contributed by atoms with Crippen LogP contribution in [0.1, 0.15) is 22.6 Å². The number of benzene rings is 3. The van der Waals surface area contributed by atoms with Crippen LogP contribution in [0.15, 0.2) is 72.1 Å². The number of nitrogens with zero attached hydrogens (tertiary/aromatic N) is 1. The second kappa shape index (κ2) is 5.43. The van der Waals surface area contributed by atoms with Gasteiger partial charge in [0.15, 0.2) is 0 Å². The molecule has 3 aromatic carbocycles. The molecule has 0 spiro atoms. The first-order valence-electron chi connectivity index (χ1n) is 7.85. The summed E-state index contributed by atoms with van der Waals surface area (Å²) < 4.78 is 5.77. The SMILES string of the molecule is Cc1ccccc1[C@@H]1C(C#N)=C(N)Oc2ccc3ccccc3c21. The van der Waals surface area contributed by atoms with Gasteiger partial charge in [0.25, 0.3) is 0 Å². The van der Waals surface area contributed by atoms with E-state index in [-0.39, 0.29) is 11.8 Å². The highest BCUT2D eigenvalue weighted by Gasteiger charge is 2.32. The van der Waals surface area contributed by atoms with E-state index in [2.05, 4.69) is 37.3 Å². The molecule has 116 valence electrons. The van der Waals surface area contributed by atoms with Gasteiger partial charge in [-0.05, 0) is 34.9 Å². The van der Waals surface area contributed by atoms with Gasteiger partial charge in [-0.1, -0.05) is 54.6 Å². The van der Waals surface area contributed by atoms with Gasteiger partial charge in [0.1, 0.15) is 17.4 Å². The van der Waals surface area contributed by atoms with Crippen molar-refractivity contribution in [2.45, 2.75) is 12.8 Å². The largest absolute Gasteiger partial charge is 0.440 e. The summed E-state index contributed by atoms with van der Waals surface area (Å²) in [5.74, 6) is 0.693. The van der Waals surface area contributed by atoms with Crippen LogP contribution < -0.4 is 10.5 Å². The third-order valence-electron chi connectivity index (χ3n) is 4.61. The number of hydrogen-bond acceptors (Lipinski definition) is 3. The van der Waals surface area contributed by atoms with Crippen molar-refractivity contribution in [3.05, 3.63) is 88.8 Å². The van der Waals surface area contributed by atoms with E-state index in [0.717, 1.165) is 33.2 Å². The van der Waals surface area contributed by atoms with Crippen LogP contribution in [0.3, 0.4) is 0 Å². The molecule has 0 saturated carbocycles. The van der Waals surface area contributed by atoms with Crippen LogP contribution >= 0.6 is 0 Å². The first kappa shape index (κ1) is 14.3. The highest BCUT2D eigenvalue weighted by molar-refractivity contribution is 5.90. The van der Waals surface area contributed by atoms with Gasteiger partial charge >= 0.3 is 0 Å². The van der Waals surface area contributed by atoms with Crippen molar-refractivity contribution in [1.29, 1.82) is 5.26 Å². The van der Waals surface area contributed by atoms with Crippen LogP contribution in [0, 0.1) is 18.3 Å². The molecule has 3 nitrogen and oxygen atoms in total. The van der Waals surface area contributed by atoms with Gasteiger partial charge in [-0.2, -0.15) is 5.26 Å². The molecule has 1 aliphatic rings. The van der Waals surface area contributed by atoms with E-state index < -0.39 is 0 Å². The van der Waals surface area contributed by atoms with Crippen molar-refractivity contribution in [3.63, 3.8) is 0 Å². The summed E-state index contributed by atoms with van der Waals surface area (Å²) in [6, 6.07) is 22.5. The number of nitrogens with two attached hydrogens (primary N) is 1. The number of nitriles is 1. The molecule has 4 rings (SSSR count). The lowest BCUT2D eigenvalue weighted by Crippen LogP contribution is -2.21. The summed E-state index contributed by atoms with van der Waals surface area (Å²) in [6.45, 7) is 2.06. The van der Waals surface area contributed by atoms with Crippen LogP contribution in [0.2, 0.25) is 0 Å². The predicted molar refractivity (Wildman–Crippen MR) is 94.4 cm³/mol. The van der Waals surface area contributed by atoms with Gasteiger partial charge in [-0.3, -0.25) is 0 Å². The predicted octanol–water partition coefficient (Wildman–Crippen LogP) is 4.37. The van der Waals surface area contributed by atoms with Crippen molar-refractivity contribution in [3.8, 4) is 11.8 Å². The Bertz CT molecular complexity index is 1030. The van der Waals surface area contributed by atoms with Gasteiger partial charge in [-0.15, -0.1) is 0 Å². The van der Waals surface area contributed by atoms with Crippen molar-refractivity contribution in [2.24, 2.45) is 5.73 Å². The van der Waals surface area contributed by atoms with Crippen molar-refractivity contribution < 1.29 is 4.74 Å². The molecule has 1 atom stereocenters. The minimum atomic E-state index is -0.217. The second-order valence-electron chi connectivity index (χ2n) is 5.98. The Balaban J connectivity index is 2.10. The van der Waals surface area contributed by atoms with Crippen LogP contribution in [0.25, 0.3) is 10.8 Å². The number of rotatable bonds is 1. The molecule has 2 N–H and O–H groups in total. The summed E-state index contributed by atoms with van der Waals surface area (Å²) in [4.78, 5) is 0. The van der Waals surface area contributed by atoms with E-state index in [0.29, 0.717) is 5.57 Å². The number of allylic oxidation sites excluding steroid dienone is 1. The molecule has 0 unspecified atom stereocenters. The molecule has 1 aliphatic heterocycles. The van der Waals surface area contributed by atoms with E-state index in [9.17, 15) is 5.26 Å². The fourth-order valence-corrected chi connectivity index (χ4v) is 3.46. The second-order valence-corrected chi connectivity index (χ2v) is 5.98. The van der Waals surface area contributed by atoms with E-state index in [1.165, 1.54) is 0 Å². The minimum absolute atomic E-state index is 0.188. The Morgan fingerprint density at radius 3 is 2.54 bits per heavy atom. The summed E-state index contributed by atoms with van der Waals surface area (Å²) in [6.07, 6.45) is 0. The maximum atomic E-state index is 9.71. The molecule has 24 heavy (non-hydrogen) atoms. The summed E-state index contributed by atoms with van der Waals surface area (Å²) in [5.41, 5.74) is 9.74. The average Bonchev–Trinajstić information content (AvgIpc) is 2.61. The van der Waals surface area contributed by atoms with Crippen LogP contribution in [0.5, 0.6) is 5.75 Å². The zero-order chi connectivity index (χ0) is 16.7. The average molecular weight is 312 g/mol. The molecule has 0 amide bonds. The number of aryl methyl sites for hydroxylation is 1. The summed E-state index contributed by atoms with van der Waals surface area (Å²) in [7, 11) is 0. The van der Waals surface area contributed by atoms with Crippen LogP contribution in [-0.2, 0) is 0 Å². The summed E-state index contributed by atoms with van der Waals surface area (Å²) >= 11 is 0. The van der Waals surface area contributed by atoms with Crippen molar-refractivity contribution in [2.75, 3.05) is 0 Å². The van der Waals surface area contributed by atoms with Gasteiger partial charge in [-0.25, -0.2) is 0 Å². The highest BCUT2D eigenvalue weighted by atomic mass is 16.5. The molecule has 1 heterocycles. The van der Waals surface area contributed by atoms with Gasteiger partial charge in [0.05, 0.1) is 5.92 Å². The Morgan fingerprint density at radius 1 is 1.00 bits per heavy atom. The molecule has 3 aromatic rings. The number of hydrogen-bond donors (Lipinski definition) is 1. The number of ether oxygens (including phenoxy) is 1. The Morgan fingerprint density at radius 2 is 1.75 bits per heavy atom. The van der Waals surface area contributed by atoms with E-state index in [1.807, 2.05) is 36.4 Å². The van der Waals surface area contributed by atoms with Crippen molar-refractivity contribution in [1.82, 2.24) is 0 Å². The normalized spacial score (nSPS) is 16.4. The molecule has 0 bridgehead atoms. The molecule has 0 radical (unpaired) electrons. The highest BCUT2D eigenvalue weighted by Crippen LogP contribution is 2.46. The number of fused-ring (bicyclic) bond motifs is 3. The van der Waals surface area contributed by atoms with Crippen LogP contribution in [-0.4, -0.2) is 0 Å². The van der Waals surface area contributed by atoms with E-state index >= 15 is 0 Å². The Labute approximate surface area is 140 Å². The molecule has 0 aliphatic carbocycles. The third kappa shape index (κ3) is 2.04. The van der Waals surface area contributed by atoms with E-state index in [1.54, 1.807) is 0 Å². The Kier molecular flexibility index (Phi) is 3.25. The molecule has 0 aromatic heterocycles. The summed E-state index contributed by atoms with van der Waals surface area (Å²) in [5, 5.41) is 11.9. The molecular weight excluding hydrogens is 296 g/mol. The maximum Gasteiger partial charge on any atom is 0.205 e. The first-order valence-corrected chi connectivity index (χ1v) is 7.85. The maximum absolute atomic E-state index is 9.71. The zero-order valence-electron chi connectivity index (χ0n) is 13.3. The topological polar surface area (TPSA) is 59.0 Å². The van der Waals surface area contributed by atoms with Crippen molar-refractivity contribution >= 4 is 10.8 Å². The van der Waals surface area contributed by atoms with Gasteiger partial charge in [0.2, 0.25) is 5.88 Å². The fraction of sp³-hybridized carbons (Fsp3) is 0.0952. The van der Waals surface area contributed by atoms with E-state index in [4.69, 9.17) is 10.5 Å². The van der Waals surface area contributed by atoms with Gasteiger partial charge < -0.3 is 10.5 Å². The lowest BCUT2D eigenvalue weighted by atomic mass is 9.79. The molecule has 0 fully saturated rings. The lowest BCUT2D eigenvalue weighted by Gasteiger charge is -2.28. The van der Waals surface area contributed by atoms with Gasteiger partial charge in [0, 0.05) is 5.56 Å². The smallest absolute Gasteiger partial charge is 0.205 e. The standard InChI is InChI=1S/C21H16N2O/c1-13-6-2-4-8-15(13)19-17(12-22)21(23)24-18-11-10-14-7-3-5-9-16(14)20(18)19/h2-11,19H,23H2,1H3/t19-/m1/s1. The zero-order valence-corrected chi connectivity index (χ0v) is 13.3. The molecule has 3 heteroatoms.